The molecule has 0 bridgehead atoms. The van der Waals surface area contributed by atoms with Gasteiger partial charge in [-0.1, -0.05) is 57.6 Å². The van der Waals surface area contributed by atoms with Gasteiger partial charge >= 0.3 is 0 Å². The minimum absolute atomic E-state index is 0.793. The standard InChI is InChI=1S/C14H10BrN3S/c15-11-6-8-12(9-7-11)16-14-18-17-13(19-14)10-4-2-1-3-5-10/h1-9H,(H,16,18). The number of aromatic nitrogens is 2. The average Bonchev–Trinajstić information content (AvgIpc) is 2.91. The van der Waals surface area contributed by atoms with Crippen LogP contribution in [0, 0.1) is 0 Å². The zero-order chi connectivity index (χ0) is 13.1. The number of nitrogens with one attached hydrogen (secondary N) is 1. The predicted molar refractivity (Wildman–Crippen MR) is 82.8 cm³/mol. The molecule has 3 nitrogen and oxygen atoms in total. The van der Waals surface area contributed by atoms with Gasteiger partial charge in [0.2, 0.25) is 5.13 Å². The lowest BCUT2D eigenvalue weighted by Crippen LogP contribution is -1.88. The highest BCUT2D eigenvalue weighted by molar-refractivity contribution is 9.10. The zero-order valence-corrected chi connectivity index (χ0v) is 12.3. The molecule has 0 aliphatic heterocycles. The van der Waals surface area contributed by atoms with Crippen molar-refractivity contribution in [3.8, 4) is 10.6 Å². The van der Waals surface area contributed by atoms with Crippen molar-refractivity contribution in [2.75, 3.05) is 5.32 Å². The summed E-state index contributed by atoms with van der Waals surface area (Å²) in [5, 5.41) is 13.3. The highest BCUT2D eigenvalue weighted by atomic mass is 79.9. The molecule has 3 aromatic rings. The van der Waals surface area contributed by atoms with Gasteiger partial charge in [-0.15, -0.1) is 10.2 Å². The molecule has 94 valence electrons. The minimum Gasteiger partial charge on any atom is -0.330 e. The first-order valence-corrected chi connectivity index (χ1v) is 7.34. The van der Waals surface area contributed by atoms with Crippen molar-refractivity contribution in [3.63, 3.8) is 0 Å². The maximum atomic E-state index is 4.20. The number of halogens is 1. The van der Waals surface area contributed by atoms with E-state index >= 15 is 0 Å². The lowest BCUT2D eigenvalue weighted by atomic mass is 10.2. The summed E-state index contributed by atoms with van der Waals surface area (Å²) >= 11 is 4.95. The van der Waals surface area contributed by atoms with E-state index in [1.54, 1.807) is 0 Å². The average molecular weight is 332 g/mol. The molecule has 0 saturated heterocycles. The number of hydrogen-bond donors (Lipinski definition) is 1. The Morgan fingerprint density at radius 3 is 2.37 bits per heavy atom. The number of nitrogens with zero attached hydrogens (tertiary/aromatic N) is 2. The molecule has 1 N–H and O–H groups in total. The van der Waals surface area contributed by atoms with E-state index in [0.717, 1.165) is 25.9 Å². The van der Waals surface area contributed by atoms with Crippen molar-refractivity contribution in [2.45, 2.75) is 0 Å². The summed E-state index contributed by atoms with van der Waals surface area (Å²) in [6, 6.07) is 18.0. The maximum Gasteiger partial charge on any atom is 0.210 e. The van der Waals surface area contributed by atoms with Crippen LogP contribution in [0.1, 0.15) is 0 Å². The van der Waals surface area contributed by atoms with Crippen LogP contribution in [0.15, 0.2) is 59.1 Å². The third kappa shape index (κ3) is 3.00. The lowest BCUT2D eigenvalue weighted by molar-refractivity contribution is 1.10. The Bertz CT molecular complexity index is 665. The molecule has 0 atom stereocenters. The first-order valence-electron chi connectivity index (χ1n) is 5.73. The third-order valence-electron chi connectivity index (χ3n) is 2.54. The summed E-state index contributed by atoms with van der Waals surface area (Å²) in [5.74, 6) is 0. The fraction of sp³-hybridized carbons (Fsp3) is 0. The number of rotatable bonds is 3. The Labute approximate surface area is 123 Å². The second-order valence-corrected chi connectivity index (χ2v) is 5.80. The molecular formula is C14H10BrN3S. The van der Waals surface area contributed by atoms with E-state index in [-0.39, 0.29) is 0 Å². The van der Waals surface area contributed by atoms with E-state index in [4.69, 9.17) is 0 Å². The van der Waals surface area contributed by atoms with Crippen molar-refractivity contribution in [1.82, 2.24) is 10.2 Å². The number of anilines is 2. The molecule has 0 saturated carbocycles. The lowest BCUT2D eigenvalue weighted by Gasteiger charge is -2.00. The first kappa shape index (κ1) is 12.3. The fourth-order valence-corrected chi connectivity index (χ4v) is 2.66. The molecular weight excluding hydrogens is 322 g/mol. The second kappa shape index (κ2) is 5.50. The van der Waals surface area contributed by atoms with E-state index in [1.807, 2.05) is 54.6 Å². The van der Waals surface area contributed by atoms with E-state index in [2.05, 4.69) is 31.4 Å². The van der Waals surface area contributed by atoms with E-state index in [0.29, 0.717) is 0 Å². The molecule has 3 rings (SSSR count). The maximum absolute atomic E-state index is 4.20. The molecule has 5 heteroatoms. The van der Waals surface area contributed by atoms with Gasteiger partial charge in [-0.2, -0.15) is 0 Å². The van der Waals surface area contributed by atoms with Crippen LogP contribution in [-0.4, -0.2) is 10.2 Å². The van der Waals surface area contributed by atoms with Crippen molar-refractivity contribution >= 4 is 38.1 Å². The smallest absolute Gasteiger partial charge is 0.210 e. The Balaban J connectivity index is 1.80. The normalized spacial score (nSPS) is 10.4. The van der Waals surface area contributed by atoms with Gasteiger partial charge in [0.15, 0.2) is 0 Å². The molecule has 1 heterocycles. The van der Waals surface area contributed by atoms with Crippen LogP contribution in [-0.2, 0) is 0 Å². The SMILES string of the molecule is Brc1ccc(Nc2nnc(-c3ccccc3)s2)cc1. The Kier molecular flexibility index (Phi) is 3.57. The molecule has 2 aromatic carbocycles. The molecule has 0 fully saturated rings. The fourth-order valence-electron chi connectivity index (χ4n) is 1.63. The molecule has 1 aromatic heterocycles. The largest absolute Gasteiger partial charge is 0.330 e. The van der Waals surface area contributed by atoms with Crippen LogP contribution in [0.4, 0.5) is 10.8 Å². The minimum atomic E-state index is 0.793. The van der Waals surface area contributed by atoms with Crippen LogP contribution >= 0.6 is 27.3 Å². The quantitative estimate of drug-likeness (QED) is 0.755. The van der Waals surface area contributed by atoms with Gasteiger partial charge in [0.05, 0.1) is 0 Å². The Hall–Kier alpha value is -1.72. The summed E-state index contributed by atoms with van der Waals surface area (Å²) in [6.07, 6.45) is 0. The van der Waals surface area contributed by atoms with Gasteiger partial charge in [-0.25, -0.2) is 0 Å². The molecule has 0 aliphatic rings. The predicted octanol–water partition coefficient (Wildman–Crippen LogP) is 4.71. The number of hydrogen-bond acceptors (Lipinski definition) is 4. The van der Waals surface area contributed by atoms with Crippen LogP contribution in [0.25, 0.3) is 10.6 Å². The molecule has 0 spiro atoms. The van der Waals surface area contributed by atoms with Gasteiger partial charge in [0.25, 0.3) is 0 Å². The monoisotopic (exact) mass is 331 g/mol. The molecule has 0 radical (unpaired) electrons. The van der Waals surface area contributed by atoms with E-state index in [1.165, 1.54) is 11.3 Å². The second-order valence-electron chi connectivity index (χ2n) is 3.91. The van der Waals surface area contributed by atoms with Crippen LogP contribution in [0.3, 0.4) is 0 Å². The van der Waals surface area contributed by atoms with E-state index < -0.39 is 0 Å². The highest BCUT2D eigenvalue weighted by Gasteiger charge is 2.06. The summed E-state index contributed by atoms with van der Waals surface area (Å²) in [4.78, 5) is 0. The van der Waals surface area contributed by atoms with Gasteiger partial charge in [-0.3, -0.25) is 0 Å². The van der Waals surface area contributed by atoms with Crippen molar-refractivity contribution in [1.29, 1.82) is 0 Å². The van der Waals surface area contributed by atoms with Gasteiger partial charge < -0.3 is 5.32 Å². The van der Waals surface area contributed by atoms with Gasteiger partial charge in [-0.05, 0) is 24.3 Å². The first-order chi connectivity index (χ1) is 9.31. The van der Waals surface area contributed by atoms with Crippen molar-refractivity contribution in [3.05, 3.63) is 59.1 Å². The van der Waals surface area contributed by atoms with E-state index in [9.17, 15) is 0 Å². The molecule has 0 aliphatic carbocycles. The van der Waals surface area contributed by atoms with Crippen molar-refractivity contribution < 1.29 is 0 Å². The highest BCUT2D eigenvalue weighted by Crippen LogP contribution is 2.28. The van der Waals surface area contributed by atoms with Crippen LogP contribution in [0.2, 0.25) is 0 Å². The molecule has 19 heavy (non-hydrogen) atoms. The topological polar surface area (TPSA) is 37.8 Å². The Morgan fingerprint density at radius 1 is 0.895 bits per heavy atom. The summed E-state index contributed by atoms with van der Waals surface area (Å²) in [6.45, 7) is 0. The van der Waals surface area contributed by atoms with Crippen LogP contribution in [0.5, 0.6) is 0 Å². The van der Waals surface area contributed by atoms with Crippen LogP contribution < -0.4 is 5.32 Å². The molecule has 0 unspecified atom stereocenters. The third-order valence-corrected chi connectivity index (χ3v) is 3.96. The Morgan fingerprint density at radius 2 is 1.63 bits per heavy atom. The number of benzene rings is 2. The summed E-state index contributed by atoms with van der Waals surface area (Å²) in [7, 11) is 0. The summed E-state index contributed by atoms with van der Waals surface area (Å²) < 4.78 is 1.06. The van der Waals surface area contributed by atoms with Crippen molar-refractivity contribution in [2.24, 2.45) is 0 Å². The molecule has 0 amide bonds. The van der Waals surface area contributed by atoms with Gasteiger partial charge in [0, 0.05) is 15.7 Å². The van der Waals surface area contributed by atoms with Gasteiger partial charge in [0.1, 0.15) is 5.01 Å². The zero-order valence-electron chi connectivity index (χ0n) is 9.88. The summed E-state index contributed by atoms with van der Waals surface area (Å²) in [5.41, 5.74) is 2.09.